The van der Waals surface area contributed by atoms with Crippen molar-refractivity contribution in [2.75, 3.05) is 33.9 Å². The Balaban J connectivity index is 2.35. The summed E-state index contributed by atoms with van der Waals surface area (Å²) in [5, 5.41) is 5.80. The third-order valence-electron chi connectivity index (χ3n) is 2.77. The van der Waals surface area contributed by atoms with E-state index in [4.69, 9.17) is 9.47 Å². The Morgan fingerprint density at radius 3 is 2.70 bits per heavy atom. The predicted octanol–water partition coefficient (Wildman–Crippen LogP) is 1.14. The first-order valence-corrected chi connectivity index (χ1v) is 6.50. The van der Waals surface area contributed by atoms with Crippen molar-refractivity contribution in [3.63, 3.8) is 0 Å². The first-order valence-electron chi connectivity index (χ1n) is 6.50. The van der Waals surface area contributed by atoms with Crippen LogP contribution in [0.4, 0.5) is 0 Å². The summed E-state index contributed by atoms with van der Waals surface area (Å²) in [5.74, 6) is 1.40. The van der Waals surface area contributed by atoms with Gasteiger partial charge in [0, 0.05) is 6.54 Å². The van der Waals surface area contributed by atoms with E-state index in [1.54, 1.807) is 20.3 Å². The van der Waals surface area contributed by atoms with E-state index in [1.165, 1.54) is 0 Å². The fraction of sp³-hybridized carbons (Fsp3) is 0.400. The van der Waals surface area contributed by atoms with Crippen molar-refractivity contribution in [3.05, 3.63) is 36.4 Å². The van der Waals surface area contributed by atoms with Crippen molar-refractivity contribution in [2.24, 2.45) is 0 Å². The lowest BCUT2D eigenvalue weighted by Gasteiger charge is -2.10. The maximum absolute atomic E-state index is 11.3. The quantitative estimate of drug-likeness (QED) is 0.525. The van der Waals surface area contributed by atoms with E-state index in [2.05, 4.69) is 17.2 Å². The minimum atomic E-state index is -0.0304. The van der Waals surface area contributed by atoms with Crippen LogP contribution in [0.5, 0.6) is 11.5 Å². The van der Waals surface area contributed by atoms with Gasteiger partial charge < -0.3 is 20.1 Å². The third-order valence-corrected chi connectivity index (χ3v) is 2.77. The monoisotopic (exact) mass is 278 g/mol. The lowest BCUT2D eigenvalue weighted by molar-refractivity contribution is -0.120. The van der Waals surface area contributed by atoms with E-state index in [0.717, 1.165) is 18.5 Å². The number of carbonyl (C=O) groups is 1. The topological polar surface area (TPSA) is 59.6 Å². The van der Waals surface area contributed by atoms with Gasteiger partial charge in [0.25, 0.3) is 0 Å². The normalized spacial score (nSPS) is 9.90. The average molecular weight is 278 g/mol. The van der Waals surface area contributed by atoms with Gasteiger partial charge in [-0.25, -0.2) is 0 Å². The zero-order valence-electron chi connectivity index (χ0n) is 12.1. The first-order chi connectivity index (χ1) is 9.71. The molecule has 0 spiro atoms. The molecule has 0 fully saturated rings. The summed E-state index contributed by atoms with van der Waals surface area (Å²) < 4.78 is 10.4. The molecule has 0 aliphatic heterocycles. The van der Waals surface area contributed by atoms with Crippen LogP contribution in [-0.4, -0.2) is 39.8 Å². The zero-order chi connectivity index (χ0) is 14.8. The second kappa shape index (κ2) is 8.98. The van der Waals surface area contributed by atoms with Gasteiger partial charge in [-0.15, -0.1) is 6.58 Å². The molecule has 0 heterocycles. The molecule has 1 amide bonds. The van der Waals surface area contributed by atoms with E-state index >= 15 is 0 Å². The van der Waals surface area contributed by atoms with Gasteiger partial charge >= 0.3 is 0 Å². The fourth-order valence-corrected chi connectivity index (χ4v) is 1.72. The molecule has 5 heteroatoms. The Bertz CT molecular complexity index is 447. The Kier molecular flexibility index (Phi) is 7.21. The van der Waals surface area contributed by atoms with Crippen LogP contribution in [0.2, 0.25) is 0 Å². The van der Waals surface area contributed by atoms with Crippen LogP contribution in [0, 0.1) is 0 Å². The molecule has 2 N–H and O–H groups in total. The van der Waals surface area contributed by atoms with Gasteiger partial charge in [-0.3, -0.25) is 4.79 Å². The van der Waals surface area contributed by atoms with Crippen molar-refractivity contribution in [1.82, 2.24) is 10.6 Å². The first kappa shape index (κ1) is 16.0. The van der Waals surface area contributed by atoms with E-state index in [9.17, 15) is 4.79 Å². The molecule has 0 unspecified atom stereocenters. The largest absolute Gasteiger partial charge is 0.493 e. The van der Waals surface area contributed by atoms with Crippen LogP contribution in [0.15, 0.2) is 30.9 Å². The summed E-state index contributed by atoms with van der Waals surface area (Å²) in [5.41, 5.74) is 1.13. The zero-order valence-corrected chi connectivity index (χ0v) is 12.1. The Morgan fingerprint density at radius 1 is 1.30 bits per heavy atom. The molecule has 0 radical (unpaired) electrons. The summed E-state index contributed by atoms with van der Waals surface area (Å²) >= 11 is 0. The second-order valence-electron chi connectivity index (χ2n) is 4.21. The van der Waals surface area contributed by atoms with Gasteiger partial charge in [0.2, 0.25) is 5.91 Å². The van der Waals surface area contributed by atoms with Gasteiger partial charge in [-0.05, 0) is 30.7 Å². The number of ether oxygens (including phenoxy) is 2. The van der Waals surface area contributed by atoms with Crippen LogP contribution in [0.25, 0.3) is 0 Å². The van der Waals surface area contributed by atoms with Crippen molar-refractivity contribution in [1.29, 1.82) is 0 Å². The Morgan fingerprint density at radius 2 is 2.05 bits per heavy atom. The fourth-order valence-electron chi connectivity index (χ4n) is 1.72. The van der Waals surface area contributed by atoms with Crippen molar-refractivity contribution in [3.8, 4) is 11.5 Å². The highest BCUT2D eigenvalue weighted by Gasteiger charge is 2.04. The van der Waals surface area contributed by atoms with Crippen molar-refractivity contribution >= 4 is 5.91 Å². The highest BCUT2D eigenvalue weighted by molar-refractivity contribution is 5.78. The van der Waals surface area contributed by atoms with Crippen LogP contribution in [0.1, 0.15) is 5.56 Å². The van der Waals surface area contributed by atoms with Crippen molar-refractivity contribution in [2.45, 2.75) is 6.42 Å². The lowest BCUT2D eigenvalue weighted by Crippen LogP contribution is -2.34. The average Bonchev–Trinajstić information content (AvgIpc) is 2.49. The molecule has 1 aromatic carbocycles. The van der Waals surface area contributed by atoms with Gasteiger partial charge in [-0.2, -0.15) is 0 Å². The van der Waals surface area contributed by atoms with E-state index < -0.39 is 0 Å². The third kappa shape index (κ3) is 5.32. The molecule has 110 valence electrons. The smallest absolute Gasteiger partial charge is 0.234 e. The molecule has 1 rings (SSSR count). The standard InChI is InChI=1S/C15H22N2O3/c1-4-8-17-15(18)11-16-9-7-12-5-6-13(19-2)14(10-12)20-3/h4-6,10,16H,1,7-9,11H2,2-3H3,(H,17,18). The molecular weight excluding hydrogens is 256 g/mol. The van der Waals surface area contributed by atoms with Crippen LogP contribution in [0.3, 0.4) is 0 Å². The molecule has 0 saturated heterocycles. The van der Waals surface area contributed by atoms with Crippen molar-refractivity contribution < 1.29 is 14.3 Å². The van der Waals surface area contributed by atoms with Gasteiger partial charge in [0.1, 0.15) is 0 Å². The maximum atomic E-state index is 11.3. The minimum absolute atomic E-state index is 0.0304. The summed E-state index contributed by atoms with van der Waals surface area (Å²) in [7, 11) is 3.23. The number of carbonyl (C=O) groups excluding carboxylic acids is 1. The number of benzene rings is 1. The molecule has 5 nitrogen and oxygen atoms in total. The molecule has 20 heavy (non-hydrogen) atoms. The van der Waals surface area contributed by atoms with Gasteiger partial charge in [0.15, 0.2) is 11.5 Å². The van der Waals surface area contributed by atoms with E-state index in [-0.39, 0.29) is 5.91 Å². The summed E-state index contributed by atoms with van der Waals surface area (Å²) in [4.78, 5) is 11.3. The number of methoxy groups -OCH3 is 2. The number of amides is 1. The lowest BCUT2D eigenvalue weighted by atomic mass is 10.1. The number of nitrogens with one attached hydrogen (secondary N) is 2. The number of hydrogen-bond donors (Lipinski definition) is 2. The number of rotatable bonds is 9. The summed E-state index contributed by atoms with van der Waals surface area (Å²) in [6, 6.07) is 5.81. The summed E-state index contributed by atoms with van der Waals surface area (Å²) in [6.45, 7) is 5.06. The highest BCUT2D eigenvalue weighted by atomic mass is 16.5. The molecule has 0 saturated carbocycles. The minimum Gasteiger partial charge on any atom is -0.493 e. The van der Waals surface area contributed by atoms with Gasteiger partial charge in [0.05, 0.1) is 20.8 Å². The SMILES string of the molecule is C=CCNC(=O)CNCCc1ccc(OC)c(OC)c1. The Labute approximate surface area is 120 Å². The molecule has 0 bridgehead atoms. The molecule has 0 aliphatic rings. The molecular formula is C15H22N2O3. The van der Waals surface area contributed by atoms with Crippen LogP contribution < -0.4 is 20.1 Å². The van der Waals surface area contributed by atoms with E-state index in [0.29, 0.717) is 24.6 Å². The second-order valence-corrected chi connectivity index (χ2v) is 4.21. The molecule has 1 aromatic rings. The Hall–Kier alpha value is -2.01. The predicted molar refractivity (Wildman–Crippen MR) is 79.3 cm³/mol. The molecule has 0 aromatic heterocycles. The molecule has 0 atom stereocenters. The maximum Gasteiger partial charge on any atom is 0.234 e. The van der Waals surface area contributed by atoms with Crippen LogP contribution >= 0.6 is 0 Å². The number of hydrogen-bond acceptors (Lipinski definition) is 4. The summed E-state index contributed by atoms with van der Waals surface area (Å²) in [6.07, 6.45) is 2.47. The molecule has 0 aliphatic carbocycles. The van der Waals surface area contributed by atoms with Crippen LogP contribution in [-0.2, 0) is 11.2 Å². The highest BCUT2D eigenvalue weighted by Crippen LogP contribution is 2.27. The van der Waals surface area contributed by atoms with Gasteiger partial charge in [-0.1, -0.05) is 12.1 Å². The van der Waals surface area contributed by atoms with E-state index in [1.807, 2.05) is 18.2 Å².